The van der Waals surface area contributed by atoms with Crippen molar-refractivity contribution in [3.63, 3.8) is 0 Å². The molecule has 0 heterocycles. The highest BCUT2D eigenvalue weighted by Crippen LogP contribution is 2.20. The van der Waals surface area contributed by atoms with Crippen LogP contribution in [0.4, 0.5) is 0 Å². The van der Waals surface area contributed by atoms with Gasteiger partial charge in [-0.15, -0.1) is 11.8 Å². The smallest absolute Gasteiger partial charge is 0.344 e. The number of carboxylic acid groups (broad SMARTS) is 1. The van der Waals surface area contributed by atoms with Crippen molar-refractivity contribution in [3.05, 3.63) is 24.3 Å². The molecule has 88 valence electrons. The summed E-state index contributed by atoms with van der Waals surface area (Å²) in [5, 5.41) is 8.94. The molecule has 0 spiro atoms. The summed E-state index contributed by atoms with van der Waals surface area (Å²) in [6, 6.07) is 7.45. The third-order valence-corrected chi connectivity index (χ3v) is 2.91. The fourth-order valence-corrected chi connectivity index (χ4v) is 1.72. The largest absolute Gasteiger partial charge is 0.479 e. The summed E-state index contributed by atoms with van der Waals surface area (Å²) >= 11 is 1.64. The van der Waals surface area contributed by atoms with Crippen LogP contribution in [0.15, 0.2) is 29.2 Å². The normalized spacial score (nSPS) is 12.1. The Morgan fingerprint density at radius 2 is 2.06 bits per heavy atom. The van der Waals surface area contributed by atoms with Crippen molar-refractivity contribution in [2.45, 2.75) is 30.8 Å². The van der Waals surface area contributed by atoms with Gasteiger partial charge in [-0.25, -0.2) is 4.79 Å². The molecule has 0 radical (unpaired) electrons. The molecular formula is C12H16O3S. The second-order valence-corrected chi connectivity index (χ2v) is 4.29. The van der Waals surface area contributed by atoms with E-state index in [-0.39, 0.29) is 0 Å². The van der Waals surface area contributed by atoms with Gasteiger partial charge in [0.25, 0.3) is 0 Å². The number of carbonyl (C=O) groups is 1. The zero-order valence-corrected chi connectivity index (χ0v) is 10.3. The van der Waals surface area contributed by atoms with E-state index in [9.17, 15) is 4.79 Å². The monoisotopic (exact) mass is 240 g/mol. The number of thioether (sulfide) groups is 1. The van der Waals surface area contributed by atoms with Gasteiger partial charge >= 0.3 is 5.97 Å². The van der Waals surface area contributed by atoms with Crippen LogP contribution < -0.4 is 4.74 Å². The maximum Gasteiger partial charge on any atom is 0.344 e. The van der Waals surface area contributed by atoms with Crippen LogP contribution >= 0.6 is 11.8 Å². The lowest BCUT2D eigenvalue weighted by Crippen LogP contribution is -2.26. The summed E-state index contributed by atoms with van der Waals surface area (Å²) in [5.41, 5.74) is 0. The second-order valence-electron chi connectivity index (χ2n) is 3.41. The zero-order valence-electron chi connectivity index (χ0n) is 9.47. The van der Waals surface area contributed by atoms with Gasteiger partial charge in [-0.05, 0) is 36.9 Å². The summed E-state index contributed by atoms with van der Waals surface area (Å²) in [7, 11) is 0. The van der Waals surface area contributed by atoms with E-state index in [0.717, 1.165) is 11.3 Å². The first-order chi connectivity index (χ1) is 7.67. The van der Waals surface area contributed by atoms with E-state index in [1.165, 1.54) is 0 Å². The van der Waals surface area contributed by atoms with Crippen LogP contribution in [-0.2, 0) is 4.79 Å². The first-order valence-corrected chi connectivity index (χ1v) is 6.43. The van der Waals surface area contributed by atoms with Crippen LogP contribution in [0, 0.1) is 0 Å². The number of rotatable bonds is 6. The lowest BCUT2D eigenvalue weighted by molar-refractivity contribution is -0.145. The van der Waals surface area contributed by atoms with Gasteiger partial charge in [0.05, 0.1) is 0 Å². The number of ether oxygens (including phenoxy) is 1. The van der Waals surface area contributed by atoms with Crippen molar-refractivity contribution in [1.29, 1.82) is 0 Å². The maximum absolute atomic E-state index is 10.9. The molecule has 3 nitrogen and oxygen atoms in total. The minimum atomic E-state index is -0.907. The van der Waals surface area contributed by atoms with E-state index in [4.69, 9.17) is 9.84 Å². The quantitative estimate of drug-likeness (QED) is 0.776. The Hall–Kier alpha value is -1.16. The van der Waals surface area contributed by atoms with E-state index in [1.807, 2.05) is 25.3 Å². The van der Waals surface area contributed by atoms with E-state index in [1.54, 1.807) is 23.9 Å². The molecule has 0 saturated carbocycles. The molecule has 0 amide bonds. The molecule has 0 aliphatic carbocycles. The molecule has 4 heteroatoms. The van der Waals surface area contributed by atoms with Gasteiger partial charge in [-0.1, -0.05) is 13.3 Å². The van der Waals surface area contributed by atoms with Crippen LogP contribution in [0.3, 0.4) is 0 Å². The number of aliphatic carboxylic acids is 1. The van der Waals surface area contributed by atoms with E-state index in [2.05, 4.69) is 0 Å². The van der Waals surface area contributed by atoms with Gasteiger partial charge in [-0.2, -0.15) is 0 Å². The Morgan fingerprint density at radius 1 is 1.44 bits per heavy atom. The summed E-state index contributed by atoms with van der Waals surface area (Å²) in [4.78, 5) is 12.0. The van der Waals surface area contributed by atoms with Crippen LogP contribution in [0.1, 0.15) is 19.8 Å². The fraction of sp³-hybridized carbons (Fsp3) is 0.417. The number of hydrogen-bond donors (Lipinski definition) is 1. The molecular weight excluding hydrogens is 224 g/mol. The van der Waals surface area contributed by atoms with Crippen molar-refractivity contribution in [2.75, 3.05) is 6.26 Å². The Labute approximate surface area is 99.8 Å². The highest BCUT2D eigenvalue weighted by atomic mass is 32.2. The van der Waals surface area contributed by atoms with Gasteiger partial charge in [0, 0.05) is 4.90 Å². The van der Waals surface area contributed by atoms with Gasteiger partial charge in [0.1, 0.15) is 5.75 Å². The second kappa shape index (κ2) is 6.43. The molecule has 0 aliphatic rings. The summed E-state index contributed by atoms with van der Waals surface area (Å²) < 4.78 is 5.41. The van der Waals surface area contributed by atoms with E-state index in [0.29, 0.717) is 12.2 Å². The molecule has 1 atom stereocenters. The molecule has 0 saturated heterocycles. The van der Waals surface area contributed by atoms with Gasteiger partial charge < -0.3 is 9.84 Å². The minimum Gasteiger partial charge on any atom is -0.479 e. The van der Waals surface area contributed by atoms with Gasteiger partial charge in [0.15, 0.2) is 6.10 Å². The molecule has 0 bridgehead atoms. The Morgan fingerprint density at radius 3 is 2.50 bits per heavy atom. The third kappa shape index (κ3) is 3.77. The molecule has 1 aromatic rings. The molecule has 1 unspecified atom stereocenters. The summed E-state index contributed by atoms with van der Waals surface area (Å²) in [6.07, 6.45) is 2.57. The standard InChI is InChI=1S/C12H16O3S/c1-3-4-11(12(13)14)15-9-5-7-10(16-2)8-6-9/h5-8,11H,3-4H2,1-2H3,(H,13,14). The summed E-state index contributed by atoms with van der Waals surface area (Å²) in [6.45, 7) is 1.94. The van der Waals surface area contributed by atoms with Crippen molar-refractivity contribution < 1.29 is 14.6 Å². The van der Waals surface area contributed by atoms with Crippen LogP contribution in [0.25, 0.3) is 0 Å². The van der Waals surface area contributed by atoms with Crippen LogP contribution in [-0.4, -0.2) is 23.4 Å². The first kappa shape index (κ1) is 12.9. The van der Waals surface area contributed by atoms with Crippen LogP contribution in [0.2, 0.25) is 0 Å². The lowest BCUT2D eigenvalue weighted by Gasteiger charge is -2.14. The molecule has 0 aliphatic heterocycles. The first-order valence-electron chi connectivity index (χ1n) is 5.21. The SMILES string of the molecule is CCCC(Oc1ccc(SC)cc1)C(=O)O. The average Bonchev–Trinajstić information content (AvgIpc) is 2.29. The minimum absolute atomic E-state index is 0.527. The fourth-order valence-electron chi connectivity index (χ4n) is 1.31. The predicted octanol–water partition coefficient (Wildman–Crippen LogP) is 3.04. The highest BCUT2D eigenvalue weighted by molar-refractivity contribution is 7.98. The molecule has 1 rings (SSSR count). The molecule has 1 N–H and O–H groups in total. The third-order valence-electron chi connectivity index (χ3n) is 2.16. The number of benzene rings is 1. The van der Waals surface area contributed by atoms with Gasteiger partial charge in [0.2, 0.25) is 0 Å². The Balaban J connectivity index is 2.65. The Kier molecular flexibility index (Phi) is 5.19. The highest BCUT2D eigenvalue weighted by Gasteiger charge is 2.17. The molecule has 0 fully saturated rings. The van der Waals surface area contributed by atoms with Crippen LogP contribution in [0.5, 0.6) is 5.75 Å². The number of hydrogen-bond acceptors (Lipinski definition) is 3. The predicted molar refractivity (Wildman–Crippen MR) is 65.2 cm³/mol. The summed E-state index contributed by atoms with van der Waals surface area (Å²) in [5.74, 6) is -0.297. The molecule has 0 aromatic heterocycles. The number of carboxylic acids is 1. The maximum atomic E-state index is 10.9. The van der Waals surface area contributed by atoms with Gasteiger partial charge in [-0.3, -0.25) is 0 Å². The zero-order chi connectivity index (χ0) is 12.0. The average molecular weight is 240 g/mol. The molecule has 1 aromatic carbocycles. The Bertz CT molecular complexity index is 335. The van der Waals surface area contributed by atoms with Crippen molar-refractivity contribution in [3.8, 4) is 5.75 Å². The van der Waals surface area contributed by atoms with Crippen molar-refractivity contribution in [2.24, 2.45) is 0 Å². The topological polar surface area (TPSA) is 46.5 Å². The molecule has 16 heavy (non-hydrogen) atoms. The van der Waals surface area contributed by atoms with E-state index >= 15 is 0 Å². The lowest BCUT2D eigenvalue weighted by atomic mass is 10.2. The van der Waals surface area contributed by atoms with E-state index < -0.39 is 12.1 Å². The van der Waals surface area contributed by atoms with Crippen molar-refractivity contribution >= 4 is 17.7 Å². The van der Waals surface area contributed by atoms with Crippen molar-refractivity contribution in [1.82, 2.24) is 0 Å².